The number of aliphatic hydroxyl groups is 1. The zero-order chi connectivity index (χ0) is 14.1. The van der Waals surface area contributed by atoms with Crippen LogP contribution in [0.2, 0.25) is 0 Å². The van der Waals surface area contributed by atoms with Gasteiger partial charge < -0.3 is 10.0 Å². The normalized spacial score (nSPS) is 9.63. The lowest BCUT2D eigenvalue weighted by molar-refractivity contribution is -0.130. The van der Waals surface area contributed by atoms with Crippen LogP contribution in [0.15, 0.2) is 24.3 Å². The van der Waals surface area contributed by atoms with Crippen LogP contribution in [0.1, 0.15) is 37.3 Å². The minimum atomic E-state index is -0.129. The topological polar surface area (TPSA) is 40.5 Å². The van der Waals surface area contributed by atoms with Gasteiger partial charge in [0, 0.05) is 25.6 Å². The smallest absolute Gasteiger partial charge is 0.222 e. The molecule has 1 N–H and O–H groups in total. The first-order chi connectivity index (χ1) is 9.17. The molecule has 1 aromatic carbocycles. The van der Waals surface area contributed by atoms with Gasteiger partial charge in [0.15, 0.2) is 0 Å². The van der Waals surface area contributed by atoms with Gasteiger partial charge in [-0.15, -0.1) is 0 Å². The summed E-state index contributed by atoms with van der Waals surface area (Å²) in [4.78, 5) is 13.5. The van der Waals surface area contributed by atoms with E-state index in [2.05, 4.69) is 18.8 Å². The Balaban J connectivity index is 2.55. The minimum absolute atomic E-state index is 0.129. The molecule has 0 aliphatic rings. The molecule has 0 aromatic heterocycles. The highest BCUT2D eigenvalue weighted by Gasteiger charge is 2.08. The number of amides is 1. The Morgan fingerprint density at radius 3 is 2.58 bits per heavy atom. The summed E-state index contributed by atoms with van der Waals surface area (Å²) < 4.78 is 0. The Morgan fingerprint density at radius 2 is 2.00 bits per heavy atom. The van der Waals surface area contributed by atoms with Crippen molar-refractivity contribution in [3.05, 3.63) is 35.4 Å². The number of carbonyl (C=O) groups is 1. The minimum Gasteiger partial charge on any atom is -0.384 e. The molecule has 3 nitrogen and oxygen atoms in total. The summed E-state index contributed by atoms with van der Waals surface area (Å²) in [6.45, 7) is 2.58. The van der Waals surface area contributed by atoms with Crippen LogP contribution in [0.4, 0.5) is 0 Å². The van der Waals surface area contributed by atoms with Crippen molar-refractivity contribution in [2.75, 3.05) is 13.7 Å². The van der Waals surface area contributed by atoms with E-state index < -0.39 is 0 Å². The molecular weight excluding hydrogens is 238 g/mol. The lowest BCUT2D eigenvalue weighted by atomic mass is 10.1. The Labute approximate surface area is 115 Å². The van der Waals surface area contributed by atoms with E-state index in [1.165, 1.54) is 0 Å². The molecule has 0 saturated heterocycles. The molecule has 0 bridgehead atoms. The first-order valence-corrected chi connectivity index (χ1v) is 6.60. The second-order valence-corrected chi connectivity index (χ2v) is 4.51. The average Bonchev–Trinajstić information content (AvgIpc) is 2.43. The SMILES string of the molecule is CCCCC(=O)N(C)Cc1ccc(C#CCO)cc1. The summed E-state index contributed by atoms with van der Waals surface area (Å²) in [5.41, 5.74) is 1.96. The van der Waals surface area contributed by atoms with E-state index in [-0.39, 0.29) is 12.5 Å². The second-order valence-electron chi connectivity index (χ2n) is 4.51. The molecule has 1 rings (SSSR count). The fourth-order valence-corrected chi connectivity index (χ4v) is 1.72. The Kier molecular flexibility index (Phi) is 6.70. The van der Waals surface area contributed by atoms with Crippen molar-refractivity contribution in [1.29, 1.82) is 0 Å². The van der Waals surface area contributed by atoms with Crippen LogP contribution in [-0.2, 0) is 11.3 Å². The molecule has 0 saturated carbocycles. The molecule has 0 unspecified atom stereocenters. The second kappa shape index (κ2) is 8.34. The highest BCUT2D eigenvalue weighted by Crippen LogP contribution is 2.08. The molecule has 0 fully saturated rings. The molecule has 1 aromatic rings. The van der Waals surface area contributed by atoms with Crippen molar-refractivity contribution in [3.8, 4) is 11.8 Å². The lowest BCUT2D eigenvalue weighted by Crippen LogP contribution is -2.25. The molecule has 0 atom stereocenters. The first kappa shape index (κ1) is 15.3. The van der Waals surface area contributed by atoms with E-state index >= 15 is 0 Å². The third kappa shape index (κ3) is 5.58. The van der Waals surface area contributed by atoms with Gasteiger partial charge in [0.05, 0.1) is 0 Å². The predicted molar refractivity (Wildman–Crippen MR) is 76.4 cm³/mol. The molecule has 0 aliphatic carbocycles. The summed E-state index contributed by atoms with van der Waals surface area (Å²) in [7, 11) is 1.83. The zero-order valence-corrected chi connectivity index (χ0v) is 11.6. The van der Waals surface area contributed by atoms with Gasteiger partial charge in [0.2, 0.25) is 5.91 Å². The van der Waals surface area contributed by atoms with E-state index in [4.69, 9.17) is 5.11 Å². The molecule has 0 heterocycles. The largest absolute Gasteiger partial charge is 0.384 e. The van der Waals surface area contributed by atoms with Crippen molar-refractivity contribution in [3.63, 3.8) is 0 Å². The van der Waals surface area contributed by atoms with Gasteiger partial charge in [-0.3, -0.25) is 4.79 Å². The highest BCUT2D eigenvalue weighted by atomic mass is 16.2. The number of unbranched alkanes of at least 4 members (excludes halogenated alkanes) is 1. The van der Waals surface area contributed by atoms with Crippen LogP contribution in [0.25, 0.3) is 0 Å². The monoisotopic (exact) mass is 259 g/mol. The number of nitrogens with zero attached hydrogens (tertiary/aromatic N) is 1. The number of rotatable bonds is 5. The van der Waals surface area contributed by atoms with Crippen molar-refractivity contribution < 1.29 is 9.90 Å². The third-order valence-corrected chi connectivity index (χ3v) is 2.86. The van der Waals surface area contributed by atoms with Gasteiger partial charge in [-0.25, -0.2) is 0 Å². The number of aliphatic hydroxyl groups excluding tert-OH is 1. The zero-order valence-electron chi connectivity index (χ0n) is 11.6. The molecule has 102 valence electrons. The fourth-order valence-electron chi connectivity index (χ4n) is 1.72. The van der Waals surface area contributed by atoms with Gasteiger partial charge in [0.25, 0.3) is 0 Å². The fraction of sp³-hybridized carbons (Fsp3) is 0.438. The third-order valence-electron chi connectivity index (χ3n) is 2.86. The maximum absolute atomic E-state index is 11.8. The van der Waals surface area contributed by atoms with Crippen molar-refractivity contribution in [2.45, 2.75) is 32.7 Å². The van der Waals surface area contributed by atoms with Gasteiger partial charge in [-0.05, 0) is 24.1 Å². The van der Waals surface area contributed by atoms with Gasteiger partial charge in [-0.2, -0.15) is 0 Å². The summed E-state index contributed by atoms with van der Waals surface area (Å²) in [5, 5.41) is 8.62. The standard InChI is InChI=1S/C16H21NO2/c1-3-4-7-16(19)17(2)13-15-10-8-14(9-11-15)6-5-12-18/h8-11,18H,3-4,7,12-13H2,1-2H3. The summed E-state index contributed by atoms with van der Waals surface area (Å²) >= 11 is 0. The Morgan fingerprint density at radius 1 is 1.32 bits per heavy atom. The molecule has 0 aliphatic heterocycles. The van der Waals surface area contributed by atoms with E-state index in [1.54, 1.807) is 4.90 Å². The van der Waals surface area contributed by atoms with Crippen LogP contribution in [-0.4, -0.2) is 29.6 Å². The molecule has 1 amide bonds. The predicted octanol–water partition coefficient (Wildman–Crippen LogP) is 2.18. The van der Waals surface area contributed by atoms with Crippen LogP contribution in [0.5, 0.6) is 0 Å². The first-order valence-electron chi connectivity index (χ1n) is 6.60. The van der Waals surface area contributed by atoms with Crippen LogP contribution < -0.4 is 0 Å². The lowest BCUT2D eigenvalue weighted by Gasteiger charge is -2.17. The van der Waals surface area contributed by atoms with Crippen LogP contribution in [0.3, 0.4) is 0 Å². The summed E-state index contributed by atoms with van der Waals surface area (Å²) in [5.74, 6) is 5.64. The summed E-state index contributed by atoms with van der Waals surface area (Å²) in [6.07, 6.45) is 2.60. The van der Waals surface area contributed by atoms with E-state index in [9.17, 15) is 4.79 Å². The average molecular weight is 259 g/mol. The maximum Gasteiger partial charge on any atom is 0.222 e. The van der Waals surface area contributed by atoms with Gasteiger partial charge >= 0.3 is 0 Å². The number of hydrogen-bond acceptors (Lipinski definition) is 2. The molecule has 3 heteroatoms. The van der Waals surface area contributed by atoms with Crippen LogP contribution >= 0.6 is 0 Å². The number of benzene rings is 1. The summed E-state index contributed by atoms with van der Waals surface area (Å²) in [6, 6.07) is 7.74. The number of hydrogen-bond donors (Lipinski definition) is 1. The van der Waals surface area contributed by atoms with Crippen LogP contribution in [0, 0.1) is 11.8 Å². The van der Waals surface area contributed by atoms with E-state index in [1.807, 2.05) is 31.3 Å². The Bertz CT molecular complexity index is 454. The van der Waals surface area contributed by atoms with Gasteiger partial charge in [-0.1, -0.05) is 37.3 Å². The number of carbonyl (C=O) groups excluding carboxylic acids is 1. The van der Waals surface area contributed by atoms with Crippen molar-refractivity contribution in [1.82, 2.24) is 4.90 Å². The highest BCUT2D eigenvalue weighted by molar-refractivity contribution is 5.75. The quantitative estimate of drug-likeness (QED) is 0.823. The molecule has 0 radical (unpaired) electrons. The van der Waals surface area contributed by atoms with Gasteiger partial charge in [0.1, 0.15) is 6.61 Å². The van der Waals surface area contributed by atoms with E-state index in [0.29, 0.717) is 13.0 Å². The molecule has 19 heavy (non-hydrogen) atoms. The van der Waals surface area contributed by atoms with Crippen molar-refractivity contribution >= 4 is 5.91 Å². The van der Waals surface area contributed by atoms with E-state index in [0.717, 1.165) is 24.0 Å². The molecule has 0 spiro atoms. The Hall–Kier alpha value is -1.79. The maximum atomic E-state index is 11.8. The molecular formula is C16H21NO2. The van der Waals surface area contributed by atoms with Crippen molar-refractivity contribution in [2.24, 2.45) is 0 Å².